The Morgan fingerprint density at radius 3 is 2.57 bits per heavy atom. The fourth-order valence-corrected chi connectivity index (χ4v) is 2.96. The van der Waals surface area contributed by atoms with Crippen LogP contribution in [0, 0.1) is 10.5 Å². The first kappa shape index (κ1) is 17.2. The molecule has 0 heterocycles. The smallest absolute Gasteiger partial charge is 0.256 e. The van der Waals surface area contributed by atoms with E-state index in [1.165, 1.54) is 0 Å². The van der Waals surface area contributed by atoms with E-state index in [0.29, 0.717) is 23.4 Å². The van der Waals surface area contributed by atoms with Crippen LogP contribution in [0.5, 0.6) is 0 Å². The number of carbonyl (C=O) groups excluding carboxylic acids is 2. The SMILES string of the molecule is C=CCNC(=O)c1ccccc1NC(=O)c1ccc(C)cc1I. The number of benzene rings is 2. The van der Waals surface area contributed by atoms with Crippen molar-refractivity contribution >= 4 is 40.1 Å². The monoisotopic (exact) mass is 420 g/mol. The Bertz CT molecular complexity index is 756. The molecular formula is C18H17IN2O2. The molecule has 2 amide bonds. The molecule has 0 aromatic heterocycles. The second-order valence-electron chi connectivity index (χ2n) is 4.98. The summed E-state index contributed by atoms with van der Waals surface area (Å²) in [7, 11) is 0. The molecule has 0 radical (unpaired) electrons. The molecule has 2 aromatic carbocycles. The molecule has 0 saturated heterocycles. The summed E-state index contributed by atoms with van der Waals surface area (Å²) in [5, 5.41) is 5.53. The average molecular weight is 420 g/mol. The highest BCUT2D eigenvalue weighted by atomic mass is 127. The van der Waals surface area contributed by atoms with Crippen LogP contribution < -0.4 is 10.6 Å². The van der Waals surface area contributed by atoms with E-state index in [4.69, 9.17) is 0 Å². The summed E-state index contributed by atoms with van der Waals surface area (Å²) in [6, 6.07) is 12.5. The Morgan fingerprint density at radius 1 is 1.13 bits per heavy atom. The van der Waals surface area contributed by atoms with Crippen LogP contribution in [0.1, 0.15) is 26.3 Å². The molecule has 23 heavy (non-hydrogen) atoms. The van der Waals surface area contributed by atoms with Gasteiger partial charge < -0.3 is 10.6 Å². The lowest BCUT2D eigenvalue weighted by Gasteiger charge is -2.12. The predicted octanol–water partition coefficient (Wildman–Crippen LogP) is 3.77. The van der Waals surface area contributed by atoms with Crippen LogP contribution in [0.3, 0.4) is 0 Å². The Morgan fingerprint density at radius 2 is 1.87 bits per heavy atom. The first-order valence-corrected chi connectivity index (χ1v) is 8.16. The van der Waals surface area contributed by atoms with Crippen molar-refractivity contribution in [1.82, 2.24) is 5.32 Å². The molecule has 0 saturated carbocycles. The molecule has 4 nitrogen and oxygen atoms in total. The van der Waals surface area contributed by atoms with E-state index in [0.717, 1.165) is 9.13 Å². The fourth-order valence-electron chi connectivity index (χ4n) is 2.04. The van der Waals surface area contributed by atoms with E-state index >= 15 is 0 Å². The maximum absolute atomic E-state index is 12.5. The number of para-hydroxylation sites is 1. The minimum Gasteiger partial charge on any atom is -0.349 e. The van der Waals surface area contributed by atoms with Gasteiger partial charge in [-0.3, -0.25) is 9.59 Å². The highest BCUT2D eigenvalue weighted by Gasteiger charge is 2.15. The molecule has 2 rings (SSSR count). The molecule has 0 unspecified atom stereocenters. The Labute approximate surface area is 149 Å². The summed E-state index contributed by atoms with van der Waals surface area (Å²) in [5.74, 6) is -0.488. The Kier molecular flexibility index (Phi) is 5.92. The molecule has 118 valence electrons. The van der Waals surface area contributed by atoms with Gasteiger partial charge in [0.15, 0.2) is 0 Å². The molecule has 5 heteroatoms. The summed E-state index contributed by atoms with van der Waals surface area (Å²) in [6.07, 6.45) is 1.60. The fraction of sp³-hybridized carbons (Fsp3) is 0.111. The van der Waals surface area contributed by atoms with Crippen molar-refractivity contribution in [1.29, 1.82) is 0 Å². The zero-order valence-corrected chi connectivity index (χ0v) is 14.9. The Hall–Kier alpha value is -2.15. The van der Waals surface area contributed by atoms with Crippen molar-refractivity contribution in [3.05, 3.63) is 75.4 Å². The first-order chi connectivity index (χ1) is 11.0. The molecule has 2 N–H and O–H groups in total. The molecule has 2 aromatic rings. The zero-order chi connectivity index (χ0) is 16.8. The summed E-state index contributed by atoms with van der Waals surface area (Å²) in [4.78, 5) is 24.6. The van der Waals surface area contributed by atoms with Gasteiger partial charge in [-0.2, -0.15) is 0 Å². The zero-order valence-electron chi connectivity index (χ0n) is 12.7. The summed E-state index contributed by atoms with van der Waals surface area (Å²) < 4.78 is 0.869. The minimum absolute atomic E-state index is 0.238. The minimum atomic E-state index is -0.251. The highest BCUT2D eigenvalue weighted by Crippen LogP contribution is 2.19. The molecule has 0 atom stereocenters. The quantitative estimate of drug-likeness (QED) is 0.572. The van der Waals surface area contributed by atoms with E-state index < -0.39 is 0 Å². The van der Waals surface area contributed by atoms with E-state index in [1.807, 2.05) is 19.1 Å². The number of halogens is 1. The van der Waals surface area contributed by atoms with Gasteiger partial charge in [0, 0.05) is 10.1 Å². The predicted molar refractivity (Wildman–Crippen MR) is 101 cm³/mol. The molecule has 0 aliphatic rings. The van der Waals surface area contributed by atoms with Crippen LogP contribution in [0.15, 0.2) is 55.1 Å². The van der Waals surface area contributed by atoms with E-state index in [2.05, 4.69) is 39.8 Å². The average Bonchev–Trinajstić information content (AvgIpc) is 2.53. The normalized spacial score (nSPS) is 10.0. The molecule has 0 aliphatic carbocycles. The summed E-state index contributed by atoms with van der Waals surface area (Å²) in [6.45, 7) is 5.92. The van der Waals surface area contributed by atoms with Gasteiger partial charge in [-0.25, -0.2) is 0 Å². The lowest BCUT2D eigenvalue weighted by atomic mass is 10.1. The van der Waals surface area contributed by atoms with Crippen molar-refractivity contribution in [3.8, 4) is 0 Å². The van der Waals surface area contributed by atoms with Gasteiger partial charge in [-0.15, -0.1) is 6.58 Å². The van der Waals surface area contributed by atoms with Crippen molar-refractivity contribution < 1.29 is 9.59 Å². The van der Waals surface area contributed by atoms with Gasteiger partial charge in [0.1, 0.15) is 0 Å². The van der Waals surface area contributed by atoms with Crippen LogP contribution in [0.2, 0.25) is 0 Å². The van der Waals surface area contributed by atoms with Gasteiger partial charge in [-0.1, -0.05) is 29.8 Å². The van der Waals surface area contributed by atoms with E-state index in [-0.39, 0.29) is 11.8 Å². The van der Waals surface area contributed by atoms with Gasteiger partial charge in [0.25, 0.3) is 11.8 Å². The van der Waals surface area contributed by atoms with Gasteiger partial charge >= 0.3 is 0 Å². The third-order valence-electron chi connectivity index (χ3n) is 3.20. The van der Waals surface area contributed by atoms with Crippen LogP contribution >= 0.6 is 22.6 Å². The Balaban J connectivity index is 2.24. The second-order valence-corrected chi connectivity index (χ2v) is 6.14. The highest BCUT2D eigenvalue weighted by molar-refractivity contribution is 14.1. The maximum Gasteiger partial charge on any atom is 0.256 e. The number of aryl methyl sites for hydroxylation is 1. The van der Waals surface area contributed by atoms with Crippen molar-refractivity contribution in [3.63, 3.8) is 0 Å². The van der Waals surface area contributed by atoms with Crippen LogP contribution in [0.25, 0.3) is 0 Å². The molecule has 0 bridgehead atoms. The number of anilines is 1. The van der Waals surface area contributed by atoms with Gasteiger partial charge in [-0.05, 0) is 53.8 Å². The van der Waals surface area contributed by atoms with Crippen LogP contribution in [-0.2, 0) is 0 Å². The van der Waals surface area contributed by atoms with Gasteiger partial charge in [0.05, 0.1) is 16.8 Å². The first-order valence-electron chi connectivity index (χ1n) is 7.08. The maximum atomic E-state index is 12.5. The molecule has 0 aliphatic heterocycles. The van der Waals surface area contributed by atoms with Gasteiger partial charge in [0.2, 0.25) is 0 Å². The number of nitrogens with one attached hydrogen (secondary N) is 2. The van der Waals surface area contributed by atoms with Crippen molar-refractivity contribution in [2.24, 2.45) is 0 Å². The largest absolute Gasteiger partial charge is 0.349 e. The third kappa shape index (κ3) is 4.41. The number of amides is 2. The van der Waals surface area contributed by atoms with Crippen LogP contribution in [-0.4, -0.2) is 18.4 Å². The van der Waals surface area contributed by atoms with Crippen molar-refractivity contribution in [2.75, 3.05) is 11.9 Å². The van der Waals surface area contributed by atoms with Crippen molar-refractivity contribution in [2.45, 2.75) is 6.92 Å². The lowest BCUT2D eigenvalue weighted by Crippen LogP contribution is -2.25. The standard InChI is InChI=1S/C18H17IN2O2/c1-3-10-20-17(22)14-6-4-5-7-16(14)21-18(23)13-9-8-12(2)11-15(13)19/h3-9,11H,1,10H2,2H3,(H,20,22)(H,21,23). The molecule has 0 spiro atoms. The van der Waals surface area contributed by atoms with E-state index in [1.54, 1.807) is 36.4 Å². The summed E-state index contributed by atoms with van der Waals surface area (Å²) >= 11 is 2.13. The number of rotatable bonds is 5. The second kappa shape index (κ2) is 7.92. The van der Waals surface area contributed by atoms with E-state index in [9.17, 15) is 9.59 Å². The van der Waals surface area contributed by atoms with Crippen LogP contribution in [0.4, 0.5) is 5.69 Å². The summed E-state index contributed by atoms with van der Waals surface area (Å²) in [5.41, 5.74) is 2.58. The number of carbonyl (C=O) groups is 2. The number of hydrogen-bond acceptors (Lipinski definition) is 2. The number of hydrogen-bond donors (Lipinski definition) is 2. The third-order valence-corrected chi connectivity index (χ3v) is 4.09. The molecular weight excluding hydrogens is 403 g/mol. The topological polar surface area (TPSA) is 58.2 Å². The lowest BCUT2D eigenvalue weighted by molar-refractivity contribution is 0.0959. The molecule has 0 fully saturated rings.